The summed E-state index contributed by atoms with van der Waals surface area (Å²) >= 11 is 0. The first-order valence-electron chi connectivity index (χ1n) is 5.43. The smallest absolute Gasteiger partial charge is 0.481 e. The summed E-state index contributed by atoms with van der Waals surface area (Å²) in [5.41, 5.74) is 5.63. The van der Waals surface area contributed by atoms with E-state index in [2.05, 4.69) is 0 Å². The number of hydrogen-bond donors (Lipinski definition) is 3. The van der Waals surface area contributed by atoms with Crippen molar-refractivity contribution in [3.63, 3.8) is 0 Å². The van der Waals surface area contributed by atoms with E-state index in [1.165, 1.54) is 0 Å². The molecule has 4 N–H and O–H groups in total. The van der Waals surface area contributed by atoms with E-state index in [1.54, 1.807) is 21.3 Å². The van der Waals surface area contributed by atoms with Crippen molar-refractivity contribution in [2.24, 2.45) is 5.73 Å². The fourth-order valence-electron chi connectivity index (χ4n) is 0.954. The zero-order chi connectivity index (χ0) is 16.1. The van der Waals surface area contributed by atoms with Crippen LogP contribution in [0.5, 0.6) is 0 Å². The second-order valence-electron chi connectivity index (χ2n) is 3.27. The third-order valence-electron chi connectivity index (χ3n) is 1.75. The molecular weight excluding hydrogens is 274 g/mol. The van der Waals surface area contributed by atoms with Gasteiger partial charge in [-0.2, -0.15) is 0 Å². The minimum absolute atomic E-state index is 0.137. The van der Waals surface area contributed by atoms with E-state index in [0.717, 1.165) is 20.3 Å². The molecule has 1 unspecified atom stereocenters. The second-order valence-corrected chi connectivity index (χ2v) is 6.44. The van der Waals surface area contributed by atoms with E-state index < -0.39 is 20.7 Å². The second kappa shape index (κ2) is 13.4. The van der Waals surface area contributed by atoms with Crippen molar-refractivity contribution in [2.45, 2.75) is 32.9 Å². The van der Waals surface area contributed by atoms with Gasteiger partial charge in [0.15, 0.2) is 0 Å². The molecule has 0 radical (unpaired) electrons. The summed E-state index contributed by atoms with van der Waals surface area (Å²) in [6, 6.07) is 0. The maximum Gasteiger partial charge on any atom is 0.517 e. The minimum atomic E-state index is -2.54. The molecule has 116 valence electrons. The molecule has 0 aromatic heterocycles. The summed E-state index contributed by atoms with van der Waals surface area (Å²) in [5.74, 6) is -1.67. The lowest BCUT2D eigenvalue weighted by atomic mass is 10.5. The summed E-state index contributed by atoms with van der Waals surface area (Å²) in [4.78, 5) is 18.0. The molecule has 0 saturated heterocycles. The van der Waals surface area contributed by atoms with Gasteiger partial charge in [-0.05, 0) is 6.42 Å². The molecule has 19 heavy (non-hydrogen) atoms. The molecule has 8 nitrogen and oxygen atoms in total. The Labute approximate surface area is 114 Å². The Kier molecular flexibility index (Phi) is 16.3. The molecule has 1 atom stereocenters. The van der Waals surface area contributed by atoms with Gasteiger partial charge in [-0.1, -0.05) is 6.92 Å². The molecule has 0 fully saturated rings. The Morgan fingerprint density at radius 2 is 1.26 bits per heavy atom. The number of carbonyl (C=O) groups is 2. The number of nitrogens with two attached hydrogens (primary N) is 1. The first kappa shape index (κ1) is 23.1. The quantitative estimate of drug-likeness (QED) is 0.619. The zero-order valence-corrected chi connectivity index (χ0v) is 13.3. The highest BCUT2D eigenvalue weighted by atomic mass is 28.4. The molecule has 0 aromatic rings. The minimum Gasteiger partial charge on any atom is -0.481 e. The van der Waals surface area contributed by atoms with Crippen LogP contribution in [0.2, 0.25) is 0 Å². The van der Waals surface area contributed by atoms with Gasteiger partial charge in [0.2, 0.25) is 0 Å². The molecule has 0 aliphatic carbocycles. The van der Waals surface area contributed by atoms with E-state index in [-0.39, 0.29) is 5.67 Å². The fourth-order valence-corrected chi connectivity index (χ4v) is 2.86. The lowest BCUT2D eigenvalue weighted by molar-refractivity contribution is -0.135. The van der Waals surface area contributed by atoms with Gasteiger partial charge in [-0.25, -0.2) is 0 Å². The molecule has 0 aliphatic heterocycles. The summed E-state index contributed by atoms with van der Waals surface area (Å²) in [6.45, 7) is 4.14. The SMILES string of the molecule is CC(=O)O.CC(=O)O.CCC(N)[Si](OC)(OC)OC. The maximum atomic E-state index is 9.00. The van der Waals surface area contributed by atoms with Gasteiger partial charge in [0, 0.05) is 35.2 Å². The van der Waals surface area contributed by atoms with Crippen LogP contribution in [-0.4, -0.2) is 58.0 Å². The Morgan fingerprint density at radius 3 is 1.32 bits per heavy atom. The van der Waals surface area contributed by atoms with Crippen molar-refractivity contribution < 1.29 is 33.1 Å². The molecule has 0 saturated carbocycles. The van der Waals surface area contributed by atoms with Gasteiger partial charge in [0.1, 0.15) is 0 Å². The van der Waals surface area contributed by atoms with Crippen LogP contribution in [0.1, 0.15) is 27.2 Å². The van der Waals surface area contributed by atoms with Crippen molar-refractivity contribution in [1.82, 2.24) is 0 Å². The van der Waals surface area contributed by atoms with Crippen molar-refractivity contribution in [2.75, 3.05) is 21.3 Å². The number of aliphatic carboxylic acids is 2. The van der Waals surface area contributed by atoms with Crippen molar-refractivity contribution in [1.29, 1.82) is 0 Å². The van der Waals surface area contributed by atoms with E-state index in [9.17, 15) is 0 Å². The Hall–Kier alpha value is -1.00. The normalized spacial score (nSPS) is 11.3. The first-order chi connectivity index (χ1) is 8.63. The van der Waals surface area contributed by atoms with Gasteiger partial charge in [-0.3, -0.25) is 9.59 Å². The summed E-state index contributed by atoms with van der Waals surface area (Å²) in [6.07, 6.45) is 0.793. The molecule has 9 heteroatoms. The monoisotopic (exact) mass is 299 g/mol. The van der Waals surface area contributed by atoms with Gasteiger partial charge in [-0.15, -0.1) is 0 Å². The summed E-state index contributed by atoms with van der Waals surface area (Å²) < 4.78 is 15.5. The van der Waals surface area contributed by atoms with E-state index >= 15 is 0 Å². The summed E-state index contributed by atoms with van der Waals surface area (Å²) in [7, 11) is 2.15. The Morgan fingerprint density at radius 1 is 1.05 bits per heavy atom. The van der Waals surface area contributed by atoms with E-state index in [0.29, 0.717) is 0 Å². The van der Waals surface area contributed by atoms with Crippen LogP contribution in [0.25, 0.3) is 0 Å². The average molecular weight is 299 g/mol. The van der Waals surface area contributed by atoms with Gasteiger partial charge >= 0.3 is 8.80 Å². The highest BCUT2D eigenvalue weighted by Gasteiger charge is 2.44. The molecule has 0 heterocycles. The maximum absolute atomic E-state index is 9.00. The Balaban J connectivity index is -0.000000264. The van der Waals surface area contributed by atoms with Crippen molar-refractivity contribution in [3.8, 4) is 0 Å². The van der Waals surface area contributed by atoms with Crippen LogP contribution >= 0.6 is 0 Å². The standard InChI is InChI=1S/C6H17NO3Si.2C2H4O2/c1-5-6(7)11(8-2,9-3)10-4;2*1-2(3)4/h6H,5,7H2,1-4H3;2*1H3,(H,3,4). The molecule has 0 aliphatic rings. The van der Waals surface area contributed by atoms with Crippen LogP contribution in [-0.2, 0) is 22.9 Å². The predicted molar refractivity (Wildman–Crippen MR) is 71.7 cm³/mol. The third kappa shape index (κ3) is 14.9. The lowest BCUT2D eigenvalue weighted by Crippen LogP contribution is -2.58. The molecule has 0 bridgehead atoms. The van der Waals surface area contributed by atoms with Crippen LogP contribution in [0.3, 0.4) is 0 Å². The Bertz CT molecular complexity index is 218. The van der Waals surface area contributed by atoms with Crippen molar-refractivity contribution in [3.05, 3.63) is 0 Å². The van der Waals surface area contributed by atoms with E-state index in [4.69, 9.17) is 38.8 Å². The number of hydrogen-bond acceptors (Lipinski definition) is 6. The van der Waals surface area contributed by atoms with Gasteiger partial charge in [0.25, 0.3) is 11.9 Å². The van der Waals surface area contributed by atoms with Gasteiger partial charge < -0.3 is 29.2 Å². The largest absolute Gasteiger partial charge is 0.517 e. The average Bonchev–Trinajstić information content (AvgIpc) is 2.30. The molecule has 0 aromatic carbocycles. The number of carboxylic acids is 2. The van der Waals surface area contributed by atoms with Crippen LogP contribution in [0, 0.1) is 0 Å². The highest BCUT2D eigenvalue weighted by molar-refractivity contribution is 6.62. The topological polar surface area (TPSA) is 128 Å². The predicted octanol–water partition coefficient (Wildman–Crippen LogP) is 0.323. The lowest BCUT2D eigenvalue weighted by Gasteiger charge is -2.28. The van der Waals surface area contributed by atoms with Crippen LogP contribution < -0.4 is 5.73 Å². The number of carboxylic acid groups (broad SMARTS) is 2. The summed E-state index contributed by atoms with van der Waals surface area (Å²) in [5, 5.41) is 14.8. The van der Waals surface area contributed by atoms with Crippen LogP contribution in [0.15, 0.2) is 0 Å². The third-order valence-corrected chi connectivity index (χ3v) is 4.77. The molecular formula is C10H25NO7Si. The fraction of sp³-hybridized carbons (Fsp3) is 0.800. The van der Waals surface area contributed by atoms with Crippen molar-refractivity contribution >= 4 is 20.7 Å². The van der Waals surface area contributed by atoms with Gasteiger partial charge in [0.05, 0.1) is 5.67 Å². The molecule has 0 spiro atoms. The molecule has 0 amide bonds. The highest BCUT2D eigenvalue weighted by Crippen LogP contribution is 2.11. The number of rotatable bonds is 5. The zero-order valence-electron chi connectivity index (χ0n) is 12.3. The molecule has 0 rings (SSSR count). The first-order valence-corrected chi connectivity index (χ1v) is 7.23. The van der Waals surface area contributed by atoms with Crippen LogP contribution in [0.4, 0.5) is 0 Å². The van der Waals surface area contributed by atoms with E-state index in [1.807, 2.05) is 6.92 Å².